The van der Waals surface area contributed by atoms with Crippen LogP contribution in [0.4, 0.5) is 5.69 Å². The van der Waals surface area contributed by atoms with E-state index in [1.54, 1.807) is 32.9 Å². The molecule has 0 unspecified atom stereocenters. The Morgan fingerprint density at radius 1 is 1.47 bits per heavy atom. The number of nitrogens with zero attached hydrogens (tertiary/aromatic N) is 1. The van der Waals surface area contributed by atoms with Gasteiger partial charge in [-0.15, -0.1) is 0 Å². The summed E-state index contributed by atoms with van der Waals surface area (Å²) in [4.78, 5) is 21.2. The lowest BCUT2D eigenvalue weighted by molar-refractivity contribution is -0.385. The topological polar surface area (TPSA) is 89.7 Å². The van der Waals surface area contributed by atoms with Crippen molar-refractivity contribution < 1.29 is 19.6 Å². The molecule has 0 aliphatic rings. The third-order valence-electron chi connectivity index (χ3n) is 2.95. The molecular formula is C13H17NO5. The van der Waals surface area contributed by atoms with E-state index in [0.29, 0.717) is 17.7 Å². The maximum Gasteiger partial charge on any atom is 0.309 e. The van der Waals surface area contributed by atoms with Crippen molar-refractivity contribution in [1.29, 1.82) is 0 Å². The summed E-state index contributed by atoms with van der Waals surface area (Å²) in [5.41, 5.74) is -0.324. The lowest BCUT2D eigenvalue weighted by Crippen LogP contribution is -2.25. The summed E-state index contributed by atoms with van der Waals surface area (Å²) >= 11 is 0. The molecule has 0 aromatic heterocycles. The summed E-state index contributed by atoms with van der Waals surface area (Å²) in [5, 5.41) is 19.7. The van der Waals surface area contributed by atoms with E-state index < -0.39 is 16.3 Å². The molecule has 0 spiro atoms. The Morgan fingerprint density at radius 2 is 2.11 bits per heavy atom. The summed E-state index contributed by atoms with van der Waals surface area (Å²) in [6.07, 6.45) is 0.323. The zero-order valence-electron chi connectivity index (χ0n) is 11.2. The van der Waals surface area contributed by atoms with Crippen LogP contribution in [0, 0.1) is 22.5 Å². The SMILES string of the molecule is Cc1ccc(OCCC(C)(C)C(=O)O)cc1[N+](=O)[O-]. The summed E-state index contributed by atoms with van der Waals surface area (Å²) < 4.78 is 5.37. The Morgan fingerprint density at radius 3 is 2.63 bits per heavy atom. The van der Waals surface area contributed by atoms with Gasteiger partial charge < -0.3 is 9.84 Å². The highest BCUT2D eigenvalue weighted by atomic mass is 16.6. The standard InChI is InChI=1S/C13H17NO5/c1-9-4-5-10(8-11(9)14(17)18)19-7-6-13(2,3)12(15)16/h4-5,8H,6-7H2,1-3H3,(H,15,16). The maximum absolute atomic E-state index is 10.9. The van der Waals surface area contributed by atoms with Crippen LogP contribution < -0.4 is 4.74 Å². The number of carboxylic acid groups (broad SMARTS) is 1. The summed E-state index contributed by atoms with van der Waals surface area (Å²) in [6, 6.07) is 4.59. The molecule has 0 fully saturated rings. The van der Waals surface area contributed by atoms with Gasteiger partial charge in [-0.2, -0.15) is 0 Å². The second-order valence-corrected chi connectivity index (χ2v) is 4.99. The molecular weight excluding hydrogens is 250 g/mol. The van der Waals surface area contributed by atoms with Gasteiger partial charge in [0.2, 0.25) is 0 Å². The molecule has 1 N–H and O–H groups in total. The smallest absolute Gasteiger partial charge is 0.309 e. The monoisotopic (exact) mass is 267 g/mol. The molecule has 0 aliphatic heterocycles. The van der Waals surface area contributed by atoms with Crippen molar-refractivity contribution in [3.63, 3.8) is 0 Å². The van der Waals surface area contributed by atoms with Crippen LogP contribution in [0.5, 0.6) is 5.75 Å². The average molecular weight is 267 g/mol. The third-order valence-corrected chi connectivity index (χ3v) is 2.95. The van der Waals surface area contributed by atoms with Gasteiger partial charge in [-0.1, -0.05) is 0 Å². The van der Waals surface area contributed by atoms with E-state index in [4.69, 9.17) is 9.84 Å². The number of rotatable bonds is 6. The van der Waals surface area contributed by atoms with Crippen LogP contribution in [0.2, 0.25) is 0 Å². The van der Waals surface area contributed by atoms with E-state index in [1.165, 1.54) is 6.07 Å². The number of carbonyl (C=O) groups is 1. The van der Waals surface area contributed by atoms with E-state index in [1.807, 2.05) is 0 Å². The van der Waals surface area contributed by atoms with Gasteiger partial charge in [0.1, 0.15) is 5.75 Å². The Bertz CT molecular complexity index is 496. The molecule has 6 heteroatoms. The fraction of sp³-hybridized carbons (Fsp3) is 0.462. The molecule has 1 rings (SSSR count). The number of aliphatic carboxylic acids is 1. The summed E-state index contributed by atoms with van der Waals surface area (Å²) in [6.45, 7) is 5.06. The average Bonchev–Trinajstić information content (AvgIpc) is 2.30. The number of carboxylic acids is 1. The molecule has 104 valence electrons. The van der Waals surface area contributed by atoms with Crippen LogP contribution in [-0.2, 0) is 4.79 Å². The van der Waals surface area contributed by atoms with Crippen molar-refractivity contribution in [3.8, 4) is 5.75 Å². The Balaban J connectivity index is 2.67. The molecule has 0 amide bonds. The quantitative estimate of drug-likeness (QED) is 0.632. The fourth-order valence-electron chi connectivity index (χ4n) is 1.41. The van der Waals surface area contributed by atoms with Gasteiger partial charge in [-0.05, 0) is 39.3 Å². The van der Waals surface area contributed by atoms with Crippen LogP contribution in [0.1, 0.15) is 25.8 Å². The highest BCUT2D eigenvalue weighted by Crippen LogP contribution is 2.25. The molecule has 1 aromatic rings. The normalized spacial score (nSPS) is 11.1. The van der Waals surface area contributed by atoms with E-state index >= 15 is 0 Å². The maximum atomic E-state index is 10.9. The predicted molar refractivity (Wildman–Crippen MR) is 69.4 cm³/mol. The van der Waals surface area contributed by atoms with Gasteiger partial charge >= 0.3 is 5.97 Å². The van der Waals surface area contributed by atoms with Gasteiger partial charge in [0.15, 0.2) is 0 Å². The minimum Gasteiger partial charge on any atom is -0.493 e. The molecule has 0 saturated carbocycles. The zero-order valence-corrected chi connectivity index (χ0v) is 11.2. The summed E-state index contributed by atoms with van der Waals surface area (Å²) in [5.74, 6) is -0.524. The minimum absolute atomic E-state index is 0.00463. The lowest BCUT2D eigenvalue weighted by atomic mass is 9.90. The molecule has 0 saturated heterocycles. The van der Waals surface area contributed by atoms with Crippen molar-refractivity contribution in [1.82, 2.24) is 0 Å². The second-order valence-electron chi connectivity index (χ2n) is 4.99. The number of benzene rings is 1. The Hall–Kier alpha value is -2.11. The van der Waals surface area contributed by atoms with E-state index in [2.05, 4.69) is 0 Å². The number of aryl methyl sites for hydroxylation is 1. The number of hydrogen-bond donors (Lipinski definition) is 1. The first-order chi connectivity index (χ1) is 8.74. The molecule has 0 aliphatic carbocycles. The van der Waals surface area contributed by atoms with Gasteiger partial charge in [0.05, 0.1) is 23.0 Å². The van der Waals surface area contributed by atoms with Crippen molar-refractivity contribution in [2.45, 2.75) is 27.2 Å². The van der Waals surface area contributed by atoms with Crippen molar-refractivity contribution in [2.75, 3.05) is 6.61 Å². The Labute approximate surface area is 111 Å². The number of ether oxygens (including phenoxy) is 1. The lowest BCUT2D eigenvalue weighted by Gasteiger charge is -2.18. The van der Waals surface area contributed by atoms with Gasteiger partial charge in [-0.3, -0.25) is 14.9 Å². The Kier molecular flexibility index (Phi) is 4.47. The zero-order chi connectivity index (χ0) is 14.6. The molecule has 0 atom stereocenters. The summed E-state index contributed by atoms with van der Waals surface area (Å²) in [7, 11) is 0. The first-order valence-electron chi connectivity index (χ1n) is 5.85. The molecule has 0 radical (unpaired) electrons. The minimum atomic E-state index is -0.897. The van der Waals surface area contributed by atoms with Crippen LogP contribution in [0.15, 0.2) is 18.2 Å². The number of nitro groups is 1. The molecule has 1 aromatic carbocycles. The highest BCUT2D eigenvalue weighted by Gasteiger charge is 2.26. The van der Waals surface area contributed by atoms with E-state index in [0.717, 1.165) is 0 Å². The number of hydrogen-bond acceptors (Lipinski definition) is 4. The second kappa shape index (κ2) is 5.69. The number of nitro benzene ring substituents is 1. The van der Waals surface area contributed by atoms with Gasteiger partial charge in [-0.25, -0.2) is 0 Å². The van der Waals surface area contributed by atoms with Gasteiger partial charge in [0.25, 0.3) is 5.69 Å². The third kappa shape index (κ3) is 3.94. The van der Waals surface area contributed by atoms with Crippen molar-refractivity contribution in [3.05, 3.63) is 33.9 Å². The van der Waals surface area contributed by atoms with Crippen LogP contribution in [0.3, 0.4) is 0 Å². The predicted octanol–water partition coefficient (Wildman–Crippen LogP) is 2.78. The van der Waals surface area contributed by atoms with E-state index in [-0.39, 0.29) is 12.3 Å². The van der Waals surface area contributed by atoms with Crippen LogP contribution in [-0.4, -0.2) is 22.6 Å². The molecule has 6 nitrogen and oxygen atoms in total. The highest BCUT2D eigenvalue weighted by molar-refractivity contribution is 5.73. The first kappa shape index (κ1) is 14.9. The molecule has 0 bridgehead atoms. The fourth-order valence-corrected chi connectivity index (χ4v) is 1.41. The largest absolute Gasteiger partial charge is 0.493 e. The van der Waals surface area contributed by atoms with Gasteiger partial charge in [0, 0.05) is 5.56 Å². The van der Waals surface area contributed by atoms with Crippen molar-refractivity contribution in [2.24, 2.45) is 5.41 Å². The molecule has 19 heavy (non-hydrogen) atoms. The van der Waals surface area contributed by atoms with Crippen LogP contribution in [0.25, 0.3) is 0 Å². The first-order valence-corrected chi connectivity index (χ1v) is 5.85. The van der Waals surface area contributed by atoms with Crippen LogP contribution >= 0.6 is 0 Å². The molecule has 0 heterocycles. The van der Waals surface area contributed by atoms with E-state index in [9.17, 15) is 14.9 Å². The van der Waals surface area contributed by atoms with Crippen molar-refractivity contribution >= 4 is 11.7 Å².